The fourth-order valence-corrected chi connectivity index (χ4v) is 5.43. The van der Waals surface area contributed by atoms with Gasteiger partial charge in [-0.3, -0.25) is 9.78 Å². The van der Waals surface area contributed by atoms with Gasteiger partial charge >= 0.3 is 5.97 Å². The number of aromatic nitrogens is 1. The molecule has 1 aromatic heterocycles. The average Bonchev–Trinajstić information content (AvgIpc) is 2.76. The van der Waals surface area contributed by atoms with Gasteiger partial charge in [-0.2, -0.15) is 11.8 Å². The Hall–Kier alpha value is -1.83. The summed E-state index contributed by atoms with van der Waals surface area (Å²) < 4.78 is 5.55. The van der Waals surface area contributed by atoms with Crippen LogP contribution in [0.1, 0.15) is 51.7 Å². The van der Waals surface area contributed by atoms with Crippen molar-refractivity contribution in [2.24, 2.45) is 11.8 Å². The number of hydrogen-bond donors (Lipinski definition) is 2. The minimum atomic E-state index is -0.725. The van der Waals surface area contributed by atoms with Crippen LogP contribution in [-0.4, -0.2) is 63.3 Å². The summed E-state index contributed by atoms with van der Waals surface area (Å²) in [6, 6.07) is 7.49. The zero-order chi connectivity index (χ0) is 23.3. The van der Waals surface area contributed by atoms with E-state index in [4.69, 9.17) is 4.74 Å². The molecule has 1 aromatic carbocycles. The lowest BCUT2D eigenvalue weighted by atomic mass is 9.81. The lowest BCUT2D eigenvalue weighted by Gasteiger charge is -2.37. The highest BCUT2D eigenvalue weighted by molar-refractivity contribution is 8.00. The Morgan fingerprint density at radius 2 is 2.12 bits per heavy atom. The van der Waals surface area contributed by atoms with Crippen LogP contribution in [0, 0.1) is 11.8 Å². The smallest absolute Gasteiger partial charge is 0.308 e. The van der Waals surface area contributed by atoms with E-state index in [-0.39, 0.29) is 16.6 Å². The van der Waals surface area contributed by atoms with Gasteiger partial charge in [0.1, 0.15) is 5.75 Å². The molecule has 3 atom stereocenters. The molecule has 2 heterocycles. The highest BCUT2D eigenvalue weighted by Gasteiger charge is 2.34. The van der Waals surface area contributed by atoms with Gasteiger partial charge in [0.2, 0.25) is 0 Å². The molecule has 1 fully saturated rings. The number of fused-ring (bicyclic) bond motifs is 1. The maximum absolute atomic E-state index is 12.0. The van der Waals surface area contributed by atoms with Gasteiger partial charge in [0.05, 0.1) is 24.6 Å². The van der Waals surface area contributed by atoms with Gasteiger partial charge in [0, 0.05) is 35.2 Å². The molecule has 1 aliphatic rings. The van der Waals surface area contributed by atoms with E-state index in [2.05, 4.69) is 30.7 Å². The Kier molecular flexibility index (Phi) is 8.42. The number of rotatable bonds is 9. The summed E-state index contributed by atoms with van der Waals surface area (Å²) in [5.74, 6) is 0.706. The quantitative estimate of drug-likeness (QED) is 0.565. The number of hydrogen-bond acceptors (Lipinski definition) is 6. The highest BCUT2D eigenvalue weighted by Crippen LogP contribution is 2.34. The summed E-state index contributed by atoms with van der Waals surface area (Å²) in [5, 5.41) is 21.7. The first kappa shape index (κ1) is 24.8. The largest absolute Gasteiger partial charge is 0.497 e. The van der Waals surface area contributed by atoms with Crippen LogP contribution in [0.15, 0.2) is 30.5 Å². The Labute approximate surface area is 195 Å². The second-order valence-electron chi connectivity index (χ2n) is 9.63. The van der Waals surface area contributed by atoms with Crippen LogP contribution in [-0.2, 0) is 4.79 Å². The third kappa shape index (κ3) is 6.59. The summed E-state index contributed by atoms with van der Waals surface area (Å²) in [7, 11) is 1.62. The van der Waals surface area contributed by atoms with E-state index in [0.717, 1.165) is 47.5 Å². The second-order valence-corrected chi connectivity index (χ2v) is 11.6. The number of aliphatic carboxylic acids is 1. The minimum absolute atomic E-state index is 0.0799. The molecule has 176 valence electrons. The molecule has 32 heavy (non-hydrogen) atoms. The summed E-state index contributed by atoms with van der Waals surface area (Å²) in [4.78, 5) is 18.7. The Morgan fingerprint density at radius 3 is 2.81 bits per heavy atom. The summed E-state index contributed by atoms with van der Waals surface area (Å²) in [6.07, 6.45) is 3.13. The van der Waals surface area contributed by atoms with Crippen molar-refractivity contribution >= 4 is 28.6 Å². The van der Waals surface area contributed by atoms with Gasteiger partial charge in [-0.25, -0.2) is 0 Å². The van der Waals surface area contributed by atoms with Gasteiger partial charge in [-0.15, -0.1) is 0 Å². The van der Waals surface area contributed by atoms with Crippen molar-refractivity contribution in [3.8, 4) is 5.75 Å². The highest BCUT2D eigenvalue weighted by atomic mass is 32.2. The first-order chi connectivity index (χ1) is 15.2. The van der Waals surface area contributed by atoms with E-state index in [1.165, 1.54) is 0 Å². The Bertz CT molecular complexity index is 914. The van der Waals surface area contributed by atoms with Crippen molar-refractivity contribution in [1.82, 2.24) is 9.88 Å². The topological polar surface area (TPSA) is 82.9 Å². The van der Waals surface area contributed by atoms with E-state index in [1.807, 2.05) is 36.0 Å². The number of likely N-dealkylation sites (tertiary alicyclic amines) is 1. The molecule has 0 saturated carbocycles. The number of carbonyl (C=O) groups is 1. The van der Waals surface area contributed by atoms with E-state index >= 15 is 0 Å². The number of thioether (sulfide) groups is 1. The van der Waals surface area contributed by atoms with Gasteiger partial charge in [-0.05, 0) is 61.6 Å². The van der Waals surface area contributed by atoms with Crippen molar-refractivity contribution in [3.05, 3.63) is 36.0 Å². The number of aliphatic hydroxyl groups excluding tert-OH is 1. The van der Waals surface area contributed by atoms with Crippen molar-refractivity contribution < 1.29 is 19.7 Å². The molecular formula is C25H36N2O4S. The summed E-state index contributed by atoms with van der Waals surface area (Å²) in [6.45, 7) is 9.05. The van der Waals surface area contributed by atoms with Crippen LogP contribution in [0.5, 0.6) is 5.75 Å². The number of aliphatic hydroxyl groups is 1. The maximum atomic E-state index is 12.0. The third-order valence-corrected chi connectivity index (χ3v) is 7.50. The number of piperidine rings is 1. The maximum Gasteiger partial charge on any atom is 0.308 e. The Morgan fingerprint density at radius 1 is 1.34 bits per heavy atom. The van der Waals surface area contributed by atoms with Crippen LogP contribution in [0.4, 0.5) is 0 Å². The number of pyridine rings is 1. The molecule has 0 bridgehead atoms. The predicted octanol–water partition coefficient (Wildman–Crippen LogP) is 4.61. The predicted molar refractivity (Wildman–Crippen MR) is 130 cm³/mol. The number of nitrogens with zero attached hydrogens (tertiary/aromatic N) is 2. The molecule has 2 N–H and O–H groups in total. The minimum Gasteiger partial charge on any atom is -0.497 e. The normalized spacial score (nSPS) is 20.9. The Balaban J connectivity index is 1.61. The molecule has 3 rings (SSSR count). The average molecular weight is 461 g/mol. The van der Waals surface area contributed by atoms with E-state index < -0.39 is 12.1 Å². The van der Waals surface area contributed by atoms with Crippen LogP contribution in [0.3, 0.4) is 0 Å². The van der Waals surface area contributed by atoms with Crippen molar-refractivity contribution in [2.75, 3.05) is 32.5 Å². The number of methoxy groups -OCH3 is 1. The molecule has 0 spiro atoms. The summed E-state index contributed by atoms with van der Waals surface area (Å²) in [5.41, 5.74) is 1.63. The fraction of sp³-hybridized carbons (Fsp3) is 0.600. The van der Waals surface area contributed by atoms with Gasteiger partial charge in [0.25, 0.3) is 0 Å². The fourth-order valence-electron chi connectivity index (χ4n) is 4.47. The lowest BCUT2D eigenvalue weighted by Crippen LogP contribution is -2.44. The number of ether oxygens (including phenoxy) is 1. The van der Waals surface area contributed by atoms with E-state index in [0.29, 0.717) is 19.4 Å². The first-order valence-corrected chi connectivity index (χ1v) is 12.4. The summed E-state index contributed by atoms with van der Waals surface area (Å²) >= 11 is 1.92. The first-order valence-electron chi connectivity index (χ1n) is 11.4. The van der Waals surface area contributed by atoms with Gasteiger partial charge in [-0.1, -0.05) is 20.8 Å². The monoisotopic (exact) mass is 460 g/mol. The zero-order valence-electron chi connectivity index (χ0n) is 19.6. The van der Waals surface area contributed by atoms with Gasteiger partial charge in [0.15, 0.2) is 0 Å². The van der Waals surface area contributed by atoms with Gasteiger partial charge < -0.3 is 19.8 Å². The number of carboxylic acid groups (broad SMARTS) is 1. The molecule has 2 aromatic rings. The standard InChI is InChI=1S/C25H36N2O4S/c1-25(2,3)32-14-13-27-12-10-17(21(16-27)24(29)30)5-8-23(28)19-9-11-26-22-7-6-18(31-4)15-20(19)22/h6-7,9,11,15,17,21,23,28H,5,8,10,12-14,16H2,1-4H3,(H,29,30)/t17-,21+,23+/m1/s1. The molecule has 7 heteroatoms. The molecule has 1 saturated heterocycles. The second kappa shape index (κ2) is 10.9. The molecule has 6 nitrogen and oxygen atoms in total. The van der Waals surface area contributed by atoms with E-state index in [1.54, 1.807) is 13.3 Å². The van der Waals surface area contributed by atoms with Crippen LogP contribution in [0.25, 0.3) is 10.9 Å². The van der Waals surface area contributed by atoms with Crippen LogP contribution >= 0.6 is 11.8 Å². The van der Waals surface area contributed by atoms with E-state index in [9.17, 15) is 15.0 Å². The molecule has 0 radical (unpaired) electrons. The van der Waals surface area contributed by atoms with Crippen LogP contribution < -0.4 is 4.74 Å². The third-order valence-electron chi connectivity index (χ3n) is 6.25. The lowest BCUT2D eigenvalue weighted by molar-refractivity contribution is -0.146. The van der Waals surface area contributed by atoms with Crippen LogP contribution in [0.2, 0.25) is 0 Å². The molecule has 0 unspecified atom stereocenters. The molecule has 1 aliphatic heterocycles. The molecule has 0 amide bonds. The number of carboxylic acids is 1. The molecule has 0 aliphatic carbocycles. The SMILES string of the molecule is COc1ccc2nccc([C@@H](O)CC[C@@H]3CCN(CCSC(C)(C)C)C[C@@H]3C(=O)O)c2c1. The molecular weight excluding hydrogens is 424 g/mol. The van der Waals surface area contributed by atoms with Crippen molar-refractivity contribution in [1.29, 1.82) is 0 Å². The van der Waals surface area contributed by atoms with Crippen molar-refractivity contribution in [2.45, 2.75) is 50.9 Å². The number of benzene rings is 1. The zero-order valence-corrected chi connectivity index (χ0v) is 20.4. The van der Waals surface area contributed by atoms with Crippen molar-refractivity contribution in [3.63, 3.8) is 0 Å².